The number of carbonyl (C=O) groups is 1. The van der Waals surface area contributed by atoms with Gasteiger partial charge in [-0.2, -0.15) is 0 Å². The molecular formula is C73H121NO8. The van der Waals surface area contributed by atoms with E-state index in [0.717, 1.165) is 122 Å². The summed E-state index contributed by atoms with van der Waals surface area (Å²) >= 11 is 0. The number of ether oxygens (including phenoxy) is 2. The molecule has 1 aliphatic rings. The largest absolute Gasteiger partial charge is 0.394 e. The van der Waals surface area contributed by atoms with E-state index in [-0.39, 0.29) is 12.5 Å². The first kappa shape index (κ1) is 76.1. The first-order chi connectivity index (χ1) is 40.3. The van der Waals surface area contributed by atoms with E-state index >= 15 is 0 Å². The molecule has 0 aromatic carbocycles. The van der Waals surface area contributed by atoms with Gasteiger partial charge in [-0.3, -0.25) is 4.79 Å². The van der Waals surface area contributed by atoms with Gasteiger partial charge >= 0.3 is 0 Å². The van der Waals surface area contributed by atoms with Gasteiger partial charge in [0, 0.05) is 6.42 Å². The number of unbranched alkanes of at least 4 members (excludes halogenated alkanes) is 23. The van der Waals surface area contributed by atoms with E-state index in [0.29, 0.717) is 6.42 Å². The number of hydrogen-bond acceptors (Lipinski definition) is 8. The lowest BCUT2D eigenvalue weighted by atomic mass is 9.99. The molecule has 0 aromatic heterocycles. The first-order valence-corrected chi connectivity index (χ1v) is 33.1. The zero-order valence-corrected chi connectivity index (χ0v) is 51.9. The zero-order valence-electron chi connectivity index (χ0n) is 51.9. The van der Waals surface area contributed by atoms with Crippen molar-refractivity contribution in [2.24, 2.45) is 0 Å². The molecule has 1 rings (SSSR count). The zero-order chi connectivity index (χ0) is 59.3. The molecule has 0 saturated carbocycles. The summed E-state index contributed by atoms with van der Waals surface area (Å²) < 4.78 is 11.3. The fraction of sp³-hybridized carbons (Fsp3) is 0.658. The molecule has 1 saturated heterocycles. The summed E-state index contributed by atoms with van der Waals surface area (Å²) in [4.78, 5) is 13.1. The van der Waals surface area contributed by atoms with Gasteiger partial charge in [-0.25, -0.2) is 0 Å². The van der Waals surface area contributed by atoms with Crippen molar-refractivity contribution in [3.05, 3.63) is 146 Å². The molecule has 7 unspecified atom stereocenters. The van der Waals surface area contributed by atoms with Crippen LogP contribution in [0.4, 0.5) is 0 Å². The highest BCUT2D eigenvalue weighted by atomic mass is 16.7. The Balaban J connectivity index is 2.21. The van der Waals surface area contributed by atoms with Crippen molar-refractivity contribution in [2.45, 2.75) is 294 Å². The quantitative estimate of drug-likeness (QED) is 0.0261. The molecule has 0 radical (unpaired) electrons. The first-order valence-electron chi connectivity index (χ1n) is 33.1. The van der Waals surface area contributed by atoms with Gasteiger partial charge in [-0.1, -0.05) is 275 Å². The van der Waals surface area contributed by atoms with Crippen molar-refractivity contribution < 1.29 is 39.8 Å². The summed E-state index contributed by atoms with van der Waals surface area (Å²) in [6.07, 6.45) is 86.4. The number of amides is 1. The van der Waals surface area contributed by atoms with Gasteiger partial charge in [-0.15, -0.1) is 0 Å². The Labute approximate surface area is 502 Å². The Morgan fingerprint density at radius 2 is 0.768 bits per heavy atom. The maximum atomic E-state index is 13.1. The molecule has 0 aliphatic carbocycles. The summed E-state index contributed by atoms with van der Waals surface area (Å²) in [6.45, 7) is 3.64. The van der Waals surface area contributed by atoms with E-state index in [1.807, 2.05) is 6.08 Å². The SMILES string of the molecule is CC/C=C\C/C=C\C/C=C\C/C=C\C/C=C\C/C=C\C/C=C\C/C=C\C/C=C\CCCCCCCCCCCC(=O)NC(COC1OC(CO)C(O)C(O)C1O)C(O)/C=C/CC/C=C/CC/C=C/CCCCCCCCCCCCCC. The average molecular weight is 1140 g/mol. The molecule has 9 heteroatoms. The smallest absolute Gasteiger partial charge is 0.220 e. The van der Waals surface area contributed by atoms with Crippen molar-refractivity contribution >= 4 is 5.91 Å². The van der Waals surface area contributed by atoms with E-state index in [4.69, 9.17) is 9.47 Å². The van der Waals surface area contributed by atoms with Gasteiger partial charge < -0.3 is 40.3 Å². The number of nitrogens with one attached hydrogen (secondary N) is 1. The fourth-order valence-corrected chi connectivity index (χ4v) is 9.48. The monoisotopic (exact) mass is 1140 g/mol. The van der Waals surface area contributed by atoms with Crippen molar-refractivity contribution in [2.75, 3.05) is 13.2 Å². The second-order valence-corrected chi connectivity index (χ2v) is 22.2. The molecule has 7 atom stereocenters. The number of hydrogen-bond donors (Lipinski definition) is 6. The second kappa shape index (κ2) is 60.2. The van der Waals surface area contributed by atoms with Crippen LogP contribution in [-0.2, 0) is 14.3 Å². The summed E-state index contributed by atoms with van der Waals surface area (Å²) in [6, 6.07) is -0.843. The van der Waals surface area contributed by atoms with Gasteiger partial charge in [0.2, 0.25) is 5.91 Å². The predicted molar refractivity (Wildman–Crippen MR) is 350 cm³/mol. The van der Waals surface area contributed by atoms with E-state index in [1.54, 1.807) is 6.08 Å². The maximum absolute atomic E-state index is 13.1. The van der Waals surface area contributed by atoms with E-state index < -0.39 is 49.5 Å². The molecule has 1 amide bonds. The molecule has 0 bridgehead atoms. The predicted octanol–water partition coefficient (Wildman–Crippen LogP) is 17.8. The lowest BCUT2D eigenvalue weighted by Gasteiger charge is -2.40. The molecule has 466 valence electrons. The minimum Gasteiger partial charge on any atom is -0.394 e. The molecule has 1 heterocycles. The number of aliphatic hydroxyl groups excluding tert-OH is 5. The molecule has 82 heavy (non-hydrogen) atoms. The van der Waals surface area contributed by atoms with Gasteiger partial charge in [0.1, 0.15) is 24.4 Å². The highest BCUT2D eigenvalue weighted by Crippen LogP contribution is 2.23. The lowest BCUT2D eigenvalue weighted by Crippen LogP contribution is -2.60. The topological polar surface area (TPSA) is 149 Å². The van der Waals surface area contributed by atoms with Crippen LogP contribution in [0.1, 0.15) is 251 Å². The van der Waals surface area contributed by atoms with Crippen molar-refractivity contribution in [3.8, 4) is 0 Å². The molecule has 9 nitrogen and oxygen atoms in total. The molecule has 0 aromatic rings. The maximum Gasteiger partial charge on any atom is 0.220 e. The lowest BCUT2D eigenvalue weighted by molar-refractivity contribution is -0.302. The van der Waals surface area contributed by atoms with Crippen LogP contribution in [0.3, 0.4) is 0 Å². The summed E-state index contributed by atoms with van der Waals surface area (Å²) in [5, 5.41) is 54.6. The van der Waals surface area contributed by atoms with Crippen LogP contribution in [0.15, 0.2) is 146 Å². The Bertz CT molecular complexity index is 1800. The van der Waals surface area contributed by atoms with Gasteiger partial charge in [0.15, 0.2) is 6.29 Å². The van der Waals surface area contributed by atoms with E-state index in [2.05, 4.69) is 153 Å². The number of carbonyl (C=O) groups excluding carboxylic acids is 1. The summed E-state index contributed by atoms with van der Waals surface area (Å²) in [5.74, 6) is -0.202. The third-order valence-corrected chi connectivity index (χ3v) is 14.6. The third kappa shape index (κ3) is 48.4. The number of allylic oxidation sites excluding steroid dienone is 23. The second-order valence-electron chi connectivity index (χ2n) is 22.2. The average Bonchev–Trinajstić information content (AvgIpc) is 3.59. The third-order valence-electron chi connectivity index (χ3n) is 14.6. The van der Waals surface area contributed by atoms with Gasteiger partial charge in [-0.05, 0) is 116 Å². The molecule has 0 spiro atoms. The van der Waals surface area contributed by atoms with Crippen molar-refractivity contribution in [1.29, 1.82) is 0 Å². The Morgan fingerprint density at radius 3 is 1.17 bits per heavy atom. The normalized spacial score (nSPS) is 19.3. The van der Waals surface area contributed by atoms with Crippen LogP contribution in [-0.4, -0.2) is 87.5 Å². The molecule has 6 N–H and O–H groups in total. The van der Waals surface area contributed by atoms with E-state index in [1.165, 1.54) is 109 Å². The fourth-order valence-electron chi connectivity index (χ4n) is 9.48. The van der Waals surface area contributed by atoms with Crippen molar-refractivity contribution in [1.82, 2.24) is 5.32 Å². The van der Waals surface area contributed by atoms with Crippen LogP contribution < -0.4 is 5.32 Å². The van der Waals surface area contributed by atoms with Crippen LogP contribution in [0, 0.1) is 0 Å². The van der Waals surface area contributed by atoms with Crippen molar-refractivity contribution in [3.63, 3.8) is 0 Å². The summed E-state index contributed by atoms with van der Waals surface area (Å²) in [5.41, 5.74) is 0. The Hall–Kier alpha value is -3.93. The van der Waals surface area contributed by atoms with Gasteiger partial charge in [0.05, 0.1) is 25.4 Å². The highest BCUT2D eigenvalue weighted by molar-refractivity contribution is 5.76. The molecule has 1 aliphatic heterocycles. The Morgan fingerprint density at radius 1 is 0.427 bits per heavy atom. The van der Waals surface area contributed by atoms with Crippen LogP contribution in [0.25, 0.3) is 0 Å². The van der Waals surface area contributed by atoms with Crippen LogP contribution in [0.2, 0.25) is 0 Å². The summed E-state index contributed by atoms with van der Waals surface area (Å²) in [7, 11) is 0. The standard InChI is InChI=1S/C73H121NO8/c1-3-5-7-9-11-13-15-17-19-21-23-25-27-28-29-30-31-32-33-34-35-36-37-38-39-40-41-43-45-47-49-51-53-55-57-59-61-63-69(77)74-66(65-81-73-72(80)71(79)70(78)68(64-75)82-73)67(76)62-60-58-56-54-52-50-48-46-44-42-26-24-22-20-18-16-14-12-10-8-6-4-2/h5,7,11,13,17,19,23,25,28-29,31-32,34-35,37-38,40-41,44,46,52,54,60,62,66-68,70-73,75-76,78-80H,3-4,6,8-10,12,14-16,18,20-22,24,26-27,30,33,36,39,42-43,45,47-51,53,55-59,61,63-65H2,1-2H3,(H,74,77)/b7-5-,13-11-,19-17-,25-23-,29-28-,32-31-,35-34-,38-37-,41-40-,46-44+,54-52+,62-60+. The molecule has 1 fully saturated rings. The number of aliphatic hydroxyl groups is 5. The highest BCUT2D eigenvalue weighted by Gasteiger charge is 2.44. The van der Waals surface area contributed by atoms with Crippen LogP contribution >= 0.6 is 0 Å². The van der Waals surface area contributed by atoms with Gasteiger partial charge in [0.25, 0.3) is 0 Å². The minimum atomic E-state index is -1.58. The van der Waals surface area contributed by atoms with Crippen LogP contribution in [0.5, 0.6) is 0 Å². The number of rotatable bonds is 55. The minimum absolute atomic E-state index is 0.202. The van der Waals surface area contributed by atoms with E-state index in [9.17, 15) is 30.3 Å². The molecular weight excluding hydrogens is 1020 g/mol. The Kier molecular flexibility index (Phi) is 55.9.